The highest BCUT2D eigenvalue weighted by atomic mass is 35.5. The minimum atomic E-state index is -0.306. The summed E-state index contributed by atoms with van der Waals surface area (Å²) in [6.45, 7) is 5.68. The van der Waals surface area contributed by atoms with Gasteiger partial charge in [-0.15, -0.1) is 0 Å². The molecule has 1 aromatic carbocycles. The van der Waals surface area contributed by atoms with Gasteiger partial charge in [0, 0.05) is 17.0 Å². The van der Waals surface area contributed by atoms with Crippen LogP contribution in [0.3, 0.4) is 0 Å². The number of hydrogen-bond acceptors (Lipinski definition) is 3. The fourth-order valence-corrected chi connectivity index (χ4v) is 2.25. The summed E-state index contributed by atoms with van der Waals surface area (Å²) in [6, 6.07) is 3.39. The third-order valence-electron chi connectivity index (χ3n) is 3.53. The minimum Gasteiger partial charge on any atom is -0.495 e. The van der Waals surface area contributed by atoms with Crippen molar-refractivity contribution in [1.29, 1.82) is 0 Å². The van der Waals surface area contributed by atoms with Crippen LogP contribution in [0, 0.1) is 12.8 Å². The molecule has 2 N–H and O–H groups in total. The quantitative estimate of drug-likeness (QED) is 0.808. The molecule has 1 rings (SSSR count). The lowest BCUT2D eigenvalue weighted by atomic mass is 10.0. The van der Waals surface area contributed by atoms with Crippen LogP contribution >= 0.6 is 11.6 Å². The van der Waals surface area contributed by atoms with Gasteiger partial charge in [-0.25, -0.2) is 0 Å². The number of aryl methyl sites for hydroxylation is 1. The smallest absolute Gasteiger partial charge is 0.243 e. The van der Waals surface area contributed by atoms with Gasteiger partial charge in [0.05, 0.1) is 19.3 Å². The maximum Gasteiger partial charge on any atom is 0.243 e. The van der Waals surface area contributed by atoms with Crippen molar-refractivity contribution >= 4 is 29.1 Å². The van der Waals surface area contributed by atoms with Crippen molar-refractivity contribution in [2.75, 3.05) is 19.0 Å². The summed E-state index contributed by atoms with van der Waals surface area (Å²) in [4.78, 5) is 23.8. The van der Waals surface area contributed by atoms with Gasteiger partial charge in [0.2, 0.25) is 11.8 Å². The molecule has 0 aliphatic rings. The van der Waals surface area contributed by atoms with E-state index in [1.807, 2.05) is 20.8 Å². The van der Waals surface area contributed by atoms with E-state index in [-0.39, 0.29) is 24.3 Å². The highest BCUT2D eigenvalue weighted by Gasteiger charge is 2.15. The monoisotopic (exact) mass is 326 g/mol. The van der Waals surface area contributed by atoms with E-state index in [4.69, 9.17) is 16.3 Å². The largest absolute Gasteiger partial charge is 0.495 e. The van der Waals surface area contributed by atoms with Gasteiger partial charge in [0.15, 0.2) is 0 Å². The molecule has 0 radical (unpaired) electrons. The Hall–Kier alpha value is -1.75. The van der Waals surface area contributed by atoms with Gasteiger partial charge in [-0.2, -0.15) is 0 Å². The molecular weight excluding hydrogens is 304 g/mol. The molecule has 1 aromatic rings. The number of nitrogens with one attached hydrogen (secondary N) is 2. The van der Waals surface area contributed by atoms with E-state index in [2.05, 4.69) is 10.6 Å². The van der Waals surface area contributed by atoms with Crippen molar-refractivity contribution in [1.82, 2.24) is 5.32 Å². The van der Waals surface area contributed by atoms with Crippen molar-refractivity contribution in [2.24, 2.45) is 5.92 Å². The van der Waals surface area contributed by atoms with Crippen molar-refractivity contribution in [3.05, 3.63) is 22.7 Å². The standard InChI is InChI=1S/C16H23ClN2O3/c1-5-11(6-2)16(21)18-9-15(20)19-13-7-10(3)12(17)8-14(13)22-4/h7-8,11H,5-6,9H2,1-4H3,(H,18,21)(H,19,20). The van der Waals surface area contributed by atoms with E-state index in [1.165, 1.54) is 7.11 Å². The van der Waals surface area contributed by atoms with E-state index in [0.717, 1.165) is 18.4 Å². The van der Waals surface area contributed by atoms with E-state index >= 15 is 0 Å². The summed E-state index contributed by atoms with van der Waals surface area (Å²) < 4.78 is 5.19. The summed E-state index contributed by atoms with van der Waals surface area (Å²) in [6.07, 6.45) is 1.52. The SMILES string of the molecule is CCC(CC)C(=O)NCC(=O)Nc1cc(C)c(Cl)cc1OC. The third-order valence-corrected chi connectivity index (χ3v) is 3.94. The van der Waals surface area contributed by atoms with E-state index in [1.54, 1.807) is 12.1 Å². The lowest BCUT2D eigenvalue weighted by Gasteiger charge is -2.14. The first-order valence-electron chi connectivity index (χ1n) is 7.34. The average Bonchev–Trinajstić information content (AvgIpc) is 2.49. The fraction of sp³-hybridized carbons (Fsp3) is 0.500. The zero-order valence-electron chi connectivity index (χ0n) is 13.5. The first-order chi connectivity index (χ1) is 10.4. The second-order valence-electron chi connectivity index (χ2n) is 5.08. The second-order valence-corrected chi connectivity index (χ2v) is 5.49. The highest BCUT2D eigenvalue weighted by molar-refractivity contribution is 6.31. The number of carbonyl (C=O) groups is 2. The molecule has 0 fully saturated rings. The molecule has 0 bridgehead atoms. The molecule has 5 nitrogen and oxygen atoms in total. The van der Waals surface area contributed by atoms with E-state index in [9.17, 15) is 9.59 Å². The number of amides is 2. The predicted octanol–water partition coefficient (Wildman–Crippen LogP) is 3.15. The molecule has 0 aromatic heterocycles. The zero-order chi connectivity index (χ0) is 16.7. The summed E-state index contributed by atoms with van der Waals surface area (Å²) >= 11 is 6.02. The number of ether oxygens (including phenoxy) is 1. The van der Waals surface area contributed by atoms with Gasteiger partial charge in [-0.05, 0) is 31.4 Å². The molecule has 122 valence electrons. The minimum absolute atomic E-state index is 0.0555. The molecule has 0 saturated carbocycles. The third kappa shape index (κ3) is 4.91. The first kappa shape index (κ1) is 18.3. The Labute approximate surface area is 136 Å². The zero-order valence-corrected chi connectivity index (χ0v) is 14.2. The van der Waals surface area contributed by atoms with Crippen LogP contribution in [0.1, 0.15) is 32.3 Å². The van der Waals surface area contributed by atoms with Gasteiger partial charge in [-0.1, -0.05) is 25.4 Å². The van der Waals surface area contributed by atoms with Crippen LogP contribution < -0.4 is 15.4 Å². The fourth-order valence-electron chi connectivity index (χ4n) is 2.10. The van der Waals surface area contributed by atoms with Crippen LogP contribution in [0.4, 0.5) is 5.69 Å². The van der Waals surface area contributed by atoms with Crippen LogP contribution in [0.2, 0.25) is 5.02 Å². The summed E-state index contributed by atoms with van der Waals surface area (Å²) in [5.41, 5.74) is 1.37. The molecule has 0 atom stereocenters. The van der Waals surface area contributed by atoms with Gasteiger partial charge in [0.25, 0.3) is 0 Å². The van der Waals surface area contributed by atoms with Crippen LogP contribution in [-0.2, 0) is 9.59 Å². The van der Waals surface area contributed by atoms with E-state index in [0.29, 0.717) is 16.5 Å². The Bertz CT molecular complexity index is 542. The van der Waals surface area contributed by atoms with E-state index < -0.39 is 0 Å². The Kier molecular flexibility index (Phi) is 7.18. The number of methoxy groups -OCH3 is 1. The Morgan fingerprint density at radius 2 is 1.91 bits per heavy atom. The molecule has 2 amide bonds. The van der Waals surface area contributed by atoms with Crippen molar-refractivity contribution in [2.45, 2.75) is 33.6 Å². The van der Waals surface area contributed by atoms with Crippen molar-refractivity contribution < 1.29 is 14.3 Å². The van der Waals surface area contributed by atoms with Gasteiger partial charge in [-0.3, -0.25) is 9.59 Å². The van der Waals surface area contributed by atoms with Gasteiger partial charge >= 0.3 is 0 Å². The summed E-state index contributed by atoms with van der Waals surface area (Å²) in [7, 11) is 1.51. The number of rotatable bonds is 7. The maximum atomic E-state index is 12.0. The van der Waals surface area contributed by atoms with Crippen LogP contribution in [-0.4, -0.2) is 25.5 Å². The number of hydrogen-bond donors (Lipinski definition) is 2. The normalized spacial score (nSPS) is 10.5. The van der Waals surface area contributed by atoms with Crippen molar-refractivity contribution in [3.63, 3.8) is 0 Å². The lowest BCUT2D eigenvalue weighted by Crippen LogP contribution is -2.36. The molecule has 0 aliphatic carbocycles. The number of carbonyl (C=O) groups excluding carboxylic acids is 2. The molecule has 6 heteroatoms. The first-order valence-corrected chi connectivity index (χ1v) is 7.72. The van der Waals surface area contributed by atoms with Crippen molar-refractivity contribution in [3.8, 4) is 5.75 Å². The van der Waals surface area contributed by atoms with Crippen LogP contribution in [0.25, 0.3) is 0 Å². The molecule has 0 unspecified atom stereocenters. The Morgan fingerprint density at radius 3 is 2.45 bits per heavy atom. The molecule has 22 heavy (non-hydrogen) atoms. The molecule has 0 heterocycles. The molecule has 0 saturated heterocycles. The molecule has 0 spiro atoms. The topological polar surface area (TPSA) is 67.4 Å². The Morgan fingerprint density at radius 1 is 1.27 bits per heavy atom. The average molecular weight is 327 g/mol. The summed E-state index contributed by atoms with van der Waals surface area (Å²) in [5.74, 6) is 0.0223. The predicted molar refractivity (Wildman–Crippen MR) is 88.5 cm³/mol. The lowest BCUT2D eigenvalue weighted by molar-refractivity contribution is -0.127. The number of anilines is 1. The molecule has 0 aliphatic heterocycles. The summed E-state index contributed by atoms with van der Waals surface area (Å²) in [5, 5.41) is 5.94. The van der Waals surface area contributed by atoms with Gasteiger partial charge < -0.3 is 15.4 Å². The number of halogens is 1. The highest BCUT2D eigenvalue weighted by Crippen LogP contribution is 2.30. The van der Waals surface area contributed by atoms with Crippen LogP contribution in [0.15, 0.2) is 12.1 Å². The van der Waals surface area contributed by atoms with Gasteiger partial charge in [0.1, 0.15) is 5.75 Å². The maximum absolute atomic E-state index is 12.0. The van der Waals surface area contributed by atoms with Crippen LogP contribution in [0.5, 0.6) is 5.75 Å². The molecular formula is C16H23ClN2O3. The number of benzene rings is 1. The second kappa shape index (κ2) is 8.63. The Balaban J connectivity index is 2.66.